The minimum Gasteiger partial charge on any atom is -0.452 e. The molecule has 0 fully saturated rings. The van der Waals surface area contributed by atoms with Gasteiger partial charge >= 0.3 is 12.0 Å². The quantitative estimate of drug-likeness (QED) is 0.719. The molecule has 9 heteroatoms. The lowest BCUT2D eigenvalue weighted by Crippen LogP contribution is -2.46. The van der Waals surface area contributed by atoms with Crippen LogP contribution in [0.1, 0.15) is 20.3 Å². The van der Waals surface area contributed by atoms with Crippen LogP contribution in [0.2, 0.25) is 0 Å². The first-order chi connectivity index (χ1) is 12.3. The van der Waals surface area contributed by atoms with Crippen molar-refractivity contribution < 1.29 is 23.9 Å². The fraction of sp³-hybridized carbons (Fsp3) is 0.412. The zero-order chi connectivity index (χ0) is 19.3. The van der Waals surface area contributed by atoms with E-state index in [1.807, 2.05) is 29.6 Å². The van der Waals surface area contributed by atoms with E-state index in [4.69, 9.17) is 10.5 Å². The fourth-order valence-electron chi connectivity index (χ4n) is 2.49. The van der Waals surface area contributed by atoms with Gasteiger partial charge in [0.25, 0.3) is 5.91 Å². The molecule has 1 aromatic rings. The summed E-state index contributed by atoms with van der Waals surface area (Å²) >= 11 is 1.45. The molecular weight excluding hydrogens is 358 g/mol. The van der Waals surface area contributed by atoms with Crippen LogP contribution in [0, 0.1) is 5.92 Å². The summed E-state index contributed by atoms with van der Waals surface area (Å²) in [6.45, 7) is 3.51. The van der Waals surface area contributed by atoms with Gasteiger partial charge in [0.05, 0.1) is 17.9 Å². The monoisotopic (exact) mass is 379 g/mol. The zero-order valence-electron chi connectivity index (χ0n) is 14.6. The minimum absolute atomic E-state index is 0.0716. The molecule has 1 aliphatic heterocycles. The first-order valence-electron chi connectivity index (χ1n) is 8.11. The van der Waals surface area contributed by atoms with Gasteiger partial charge in [-0.2, -0.15) is 0 Å². The highest BCUT2D eigenvalue weighted by Gasteiger charge is 2.29. The lowest BCUT2D eigenvalue weighted by molar-refractivity contribution is -0.158. The molecule has 1 aliphatic rings. The fourth-order valence-corrected chi connectivity index (χ4v) is 3.42. The number of ether oxygens (including phenoxy) is 1. The SMILES string of the molecule is CC(C)[C@@H](OC(=O)CCN1C(=O)CSc2ccccc21)C(=O)NC(N)=O. The molecule has 0 unspecified atom stereocenters. The Bertz CT molecular complexity index is 722. The third-order valence-electron chi connectivity index (χ3n) is 3.72. The van der Waals surface area contributed by atoms with Crippen LogP contribution in [0.15, 0.2) is 29.2 Å². The number of urea groups is 1. The zero-order valence-corrected chi connectivity index (χ0v) is 15.4. The van der Waals surface area contributed by atoms with E-state index in [1.165, 1.54) is 11.8 Å². The topological polar surface area (TPSA) is 119 Å². The molecule has 0 aliphatic carbocycles. The normalized spacial score (nSPS) is 14.6. The molecule has 0 spiro atoms. The van der Waals surface area contributed by atoms with E-state index >= 15 is 0 Å². The molecule has 26 heavy (non-hydrogen) atoms. The first kappa shape index (κ1) is 19.8. The number of fused-ring (bicyclic) bond motifs is 1. The van der Waals surface area contributed by atoms with Crippen molar-refractivity contribution in [2.75, 3.05) is 17.2 Å². The average molecular weight is 379 g/mol. The van der Waals surface area contributed by atoms with Gasteiger partial charge in [0.2, 0.25) is 5.91 Å². The van der Waals surface area contributed by atoms with Gasteiger partial charge in [-0.1, -0.05) is 26.0 Å². The predicted molar refractivity (Wildman–Crippen MR) is 96.6 cm³/mol. The Morgan fingerprint density at radius 3 is 2.65 bits per heavy atom. The number of amides is 4. The highest BCUT2D eigenvalue weighted by Crippen LogP contribution is 2.34. The standard InChI is InChI=1S/C17H21N3O5S/c1-10(2)15(16(23)19-17(18)24)25-14(22)7-8-20-11-5-3-4-6-12(11)26-9-13(20)21/h3-6,10,15H,7-9H2,1-2H3,(H3,18,19,23,24)/t15-/m1/s1. The number of nitrogens with one attached hydrogen (secondary N) is 1. The number of anilines is 1. The van der Waals surface area contributed by atoms with Crippen molar-refractivity contribution in [2.24, 2.45) is 11.7 Å². The summed E-state index contributed by atoms with van der Waals surface area (Å²) in [6, 6.07) is 6.44. The maximum absolute atomic E-state index is 12.2. The molecule has 4 amide bonds. The Morgan fingerprint density at radius 2 is 2.00 bits per heavy atom. The molecule has 8 nitrogen and oxygen atoms in total. The number of carbonyl (C=O) groups is 4. The second kappa shape index (κ2) is 8.70. The Kier molecular flexibility index (Phi) is 6.62. The molecular formula is C17H21N3O5S. The molecule has 1 aromatic carbocycles. The highest BCUT2D eigenvalue weighted by atomic mass is 32.2. The molecule has 1 atom stereocenters. The van der Waals surface area contributed by atoms with E-state index in [1.54, 1.807) is 18.7 Å². The van der Waals surface area contributed by atoms with Crippen LogP contribution in [0.5, 0.6) is 0 Å². The van der Waals surface area contributed by atoms with Gasteiger partial charge in [-0.3, -0.25) is 19.7 Å². The summed E-state index contributed by atoms with van der Waals surface area (Å²) in [7, 11) is 0. The number of nitrogens with two attached hydrogens (primary N) is 1. The average Bonchev–Trinajstić information content (AvgIpc) is 2.57. The third-order valence-corrected chi connectivity index (χ3v) is 4.76. The van der Waals surface area contributed by atoms with Crippen LogP contribution in [0.25, 0.3) is 0 Å². The van der Waals surface area contributed by atoms with Gasteiger partial charge in [-0.15, -0.1) is 11.8 Å². The predicted octanol–water partition coefficient (Wildman–Crippen LogP) is 1.28. The van der Waals surface area contributed by atoms with Crippen LogP contribution in [-0.4, -0.2) is 42.2 Å². The van der Waals surface area contributed by atoms with Crippen molar-refractivity contribution in [1.82, 2.24) is 5.32 Å². The molecule has 1 heterocycles. The number of imide groups is 1. The lowest BCUT2D eigenvalue weighted by atomic mass is 10.1. The maximum atomic E-state index is 12.2. The van der Waals surface area contributed by atoms with Crippen molar-refractivity contribution in [3.8, 4) is 0 Å². The van der Waals surface area contributed by atoms with Gasteiger partial charge in [-0.25, -0.2) is 4.79 Å². The highest BCUT2D eigenvalue weighted by molar-refractivity contribution is 8.00. The van der Waals surface area contributed by atoms with Gasteiger partial charge in [0.1, 0.15) is 0 Å². The van der Waals surface area contributed by atoms with Crippen LogP contribution in [0.4, 0.5) is 10.5 Å². The van der Waals surface area contributed by atoms with Crippen LogP contribution in [-0.2, 0) is 19.1 Å². The number of primary amides is 1. The summed E-state index contributed by atoms with van der Waals surface area (Å²) in [4.78, 5) is 49.5. The van der Waals surface area contributed by atoms with Gasteiger partial charge in [0, 0.05) is 11.4 Å². The molecule has 0 saturated heterocycles. The number of carbonyl (C=O) groups excluding carboxylic acids is 4. The molecule has 0 aromatic heterocycles. The summed E-state index contributed by atoms with van der Waals surface area (Å²) in [5.74, 6) is -1.52. The maximum Gasteiger partial charge on any atom is 0.318 e. The number of nitrogens with zero attached hydrogens (tertiary/aromatic N) is 1. The van der Waals surface area contributed by atoms with E-state index < -0.39 is 24.0 Å². The van der Waals surface area contributed by atoms with E-state index in [9.17, 15) is 19.2 Å². The molecule has 0 radical (unpaired) electrons. The van der Waals surface area contributed by atoms with Gasteiger partial charge in [0.15, 0.2) is 6.10 Å². The number of hydrogen-bond acceptors (Lipinski definition) is 6. The van der Waals surface area contributed by atoms with Crippen molar-refractivity contribution in [1.29, 1.82) is 0 Å². The summed E-state index contributed by atoms with van der Waals surface area (Å²) in [5, 5.41) is 1.91. The molecule has 140 valence electrons. The lowest BCUT2D eigenvalue weighted by Gasteiger charge is -2.29. The molecule has 3 N–H and O–H groups in total. The Hall–Kier alpha value is -2.55. The summed E-state index contributed by atoms with van der Waals surface area (Å²) in [6.07, 6.45) is -1.20. The Morgan fingerprint density at radius 1 is 1.31 bits per heavy atom. The van der Waals surface area contributed by atoms with E-state index in [2.05, 4.69) is 0 Å². The molecule has 0 saturated carbocycles. The Labute approximate surface area is 155 Å². The third kappa shape index (κ3) is 4.98. The number of esters is 1. The van der Waals surface area contributed by atoms with E-state index in [-0.39, 0.29) is 24.8 Å². The van der Waals surface area contributed by atoms with E-state index in [0.29, 0.717) is 5.75 Å². The minimum atomic E-state index is -1.13. The van der Waals surface area contributed by atoms with Crippen molar-refractivity contribution in [3.63, 3.8) is 0 Å². The first-order valence-corrected chi connectivity index (χ1v) is 9.10. The van der Waals surface area contributed by atoms with E-state index in [0.717, 1.165) is 10.6 Å². The summed E-state index contributed by atoms with van der Waals surface area (Å²) in [5.41, 5.74) is 5.68. The number of para-hydroxylation sites is 1. The smallest absolute Gasteiger partial charge is 0.318 e. The number of thioether (sulfide) groups is 1. The number of hydrogen-bond donors (Lipinski definition) is 2. The molecule has 2 rings (SSSR count). The largest absolute Gasteiger partial charge is 0.452 e. The van der Waals surface area contributed by atoms with Crippen molar-refractivity contribution in [3.05, 3.63) is 24.3 Å². The van der Waals surface area contributed by atoms with Crippen molar-refractivity contribution >= 4 is 41.3 Å². The van der Waals surface area contributed by atoms with Crippen LogP contribution >= 0.6 is 11.8 Å². The van der Waals surface area contributed by atoms with Crippen LogP contribution in [0.3, 0.4) is 0 Å². The number of benzene rings is 1. The number of rotatable bonds is 6. The second-order valence-electron chi connectivity index (χ2n) is 6.06. The Balaban J connectivity index is 1.98. The van der Waals surface area contributed by atoms with Crippen molar-refractivity contribution in [2.45, 2.75) is 31.3 Å². The molecule has 0 bridgehead atoms. The van der Waals surface area contributed by atoms with Gasteiger partial charge in [-0.05, 0) is 18.1 Å². The summed E-state index contributed by atoms with van der Waals surface area (Å²) < 4.78 is 5.19. The van der Waals surface area contributed by atoms with Gasteiger partial charge < -0.3 is 15.4 Å². The second-order valence-corrected chi connectivity index (χ2v) is 7.08. The van der Waals surface area contributed by atoms with Crippen LogP contribution < -0.4 is 16.0 Å².